The zero-order chi connectivity index (χ0) is 18.2. The van der Waals surface area contributed by atoms with E-state index >= 15 is 0 Å². The summed E-state index contributed by atoms with van der Waals surface area (Å²) >= 11 is 0. The fraction of sp³-hybridized carbons (Fsp3) is 0.588. The van der Waals surface area contributed by atoms with Crippen molar-refractivity contribution in [1.82, 2.24) is 10.0 Å². The Labute approximate surface area is 146 Å². The number of hydrogen-bond donors (Lipinski definition) is 3. The van der Waals surface area contributed by atoms with Crippen LogP contribution in [0.5, 0.6) is 0 Å². The number of nitrogens with zero attached hydrogens (tertiary/aromatic N) is 1. The lowest BCUT2D eigenvalue weighted by Crippen LogP contribution is -2.33. The standard InChI is InChI=1S/C17H30N4O2S/c1-13(2)9-10-19-17(18)20-11-15-7-5-6-8-16(15)12-24(22,23)21-14(3)4/h5-8,13-14,21H,9-12H2,1-4H3,(H3,18,19,20). The van der Waals surface area contributed by atoms with Gasteiger partial charge in [-0.2, -0.15) is 0 Å². The second-order valence-electron chi connectivity index (χ2n) is 6.61. The number of sulfonamides is 1. The molecule has 7 heteroatoms. The Morgan fingerprint density at radius 3 is 2.38 bits per heavy atom. The van der Waals surface area contributed by atoms with Gasteiger partial charge in [0.05, 0.1) is 12.3 Å². The van der Waals surface area contributed by atoms with Crippen LogP contribution in [-0.2, 0) is 22.3 Å². The average molecular weight is 355 g/mol. The molecule has 0 aliphatic carbocycles. The Hall–Kier alpha value is -1.60. The Bertz CT molecular complexity index is 640. The predicted octanol–water partition coefficient (Wildman–Crippen LogP) is 1.96. The molecule has 24 heavy (non-hydrogen) atoms. The number of benzene rings is 1. The van der Waals surface area contributed by atoms with Gasteiger partial charge in [-0.15, -0.1) is 0 Å². The fourth-order valence-electron chi connectivity index (χ4n) is 2.17. The third kappa shape index (κ3) is 8.31. The number of hydrogen-bond acceptors (Lipinski definition) is 3. The normalized spacial score (nSPS) is 12.8. The molecule has 0 heterocycles. The first-order chi connectivity index (χ1) is 11.2. The first-order valence-electron chi connectivity index (χ1n) is 8.30. The van der Waals surface area contributed by atoms with Gasteiger partial charge in [0.2, 0.25) is 10.0 Å². The van der Waals surface area contributed by atoms with E-state index in [2.05, 4.69) is 28.9 Å². The van der Waals surface area contributed by atoms with Crippen LogP contribution >= 0.6 is 0 Å². The van der Waals surface area contributed by atoms with Crippen molar-refractivity contribution in [3.05, 3.63) is 35.4 Å². The van der Waals surface area contributed by atoms with Gasteiger partial charge in [0.1, 0.15) is 0 Å². The zero-order valence-corrected chi connectivity index (χ0v) is 15.9. The Kier molecular flexibility index (Phi) is 8.21. The summed E-state index contributed by atoms with van der Waals surface area (Å²) in [6.45, 7) is 9.04. The highest BCUT2D eigenvalue weighted by atomic mass is 32.2. The maximum absolute atomic E-state index is 12.1. The zero-order valence-electron chi connectivity index (χ0n) is 15.0. The molecular weight excluding hydrogens is 324 g/mol. The second-order valence-corrected chi connectivity index (χ2v) is 8.36. The lowest BCUT2D eigenvalue weighted by molar-refractivity contribution is 0.569. The van der Waals surface area contributed by atoms with Crippen LogP contribution in [0, 0.1) is 5.92 Å². The van der Waals surface area contributed by atoms with Gasteiger partial charge < -0.3 is 11.1 Å². The van der Waals surface area contributed by atoms with Crippen molar-refractivity contribution in [2.75, 3.05) is 6.54 Å². The van der Waals surface area contributed by atoms with Gasteiger partial charge in [-0.3, -0.25) is 0 Å². The minimum atomic E-state index is -3.36. The Balaban J connectivity index is 2.73. The van der Waals surface area contributed by atoms with E-state index in [0.29, 0.717) is 18.4 Å². The summed E-state index contributed by atoms with van der Waals surface area (Å²) in [5.74, 6) is 0.927. The molecule has 0 aliphatic heterocycles. The number of rotatable bonds is 9. The number of nitrogens with two attached hydrogens (primary N) is 1. The van der Waals surface area contributed by atoms with Crippen LogP contribution in [0.15, 0.2) is 29.3 Å². The molecular formula is C17H30N4O2S. The highest BCUT2D eigenvalue weighted by Crippen LogP contribution is 2.13. The van der Waals surface area contributed by atoms with Crippen LogP contribution < -0.4 is 15.8 Å². The van der Waals surface area contributed by atoms with Crippen molar-refractivity contribution in [3.8, 4) is 0 Å². The van der Waals surface area contributed by atoms with Crippen molar-refractivity contribution >= 4 is 16.0 Å². The third-order valence-electron chi connectivity index (χ3n) is 3.33. The van der Waals surface area contributed by atoms with Crippen molar-refractivity contribution in [1.29, 1.82) is 0 Å². The predicted molar refractivity (Wildman–Crippen MR) is 100 cm³/mol. The summed E-state index contributed by atoms with van der Waals surface area (Å²) in [5, 5.41) is 3.08. The molecule has 0 aliphatic rings. The molecule has 4 N–H and O–H groups in total. The van der Waals surface area contributed by atoms with Crippen LogP contribution in [-0.4, -0.2) is 27.0 Å². The Morgan fingerprint density at radius 2 is 1.79 bits per heavy atom. The van der Waals surface area contributed by atoms with Gasteiger partial charge in [-0.05, 0) is 37.3 Å². The molecule has 0 spiro atoms. The molecule has 1 rings (SSSR count). The minimum absolute atomic E-state index is 0.0580. The topological polar surface area (TPSA) is 96.6 Å². The summed E-state index contributed by atoms with van der Waals surface area (Å²) < 4.78 is 26.8. The lowest BCUT2D eigenvalue weighted by atomic mass is 10.1. The number of nitrogens with one attached hydrogen (secondary N) is 2. The highest BCUT2D eigenvalue weighted by Gasteiger charge is 2.15. The average Bonchev–Trinajstić information content (AvgIpc) is 2.44. The van der Waals surface area contributed by atoms with Crippen molar-refractivity contribution < 1.29 is 8.42 Å². The molecule has 6 nitrogen and oxygen atoms in total. The quantitative estimate of drug-likeness (QED) is 0.466. The summed E-state index contributed by atoms with van der Waals surface area (Å²) in [6, 6.07) is 7.27. The maximum Gasteiger partial charge on any atom is 0.216 e. The molecule has 0 radical (unpaired) electrons. The molecule has 0 aromatic heterocycles. The SMILES string of the molecule is CC(C)CCNC(N)=NCc1ccccc1CS(=O)(=O)NC(C)C. The summed E-state index contributed by atoms with van der Waals surface area (Å²) in [4.78, 5) is 4.31. The van der Waals surface area contributed by atoms with Crippen LogP contribution in [0.2, 0.25) is 0 Å². The van der Waals surface area contributed by atoms with Crippen LogP contribution in [0.25, 0.3) is 0 Å². The maximum atomic E-state index is 12.1. The molecule has 0 fully saturated rings. The lowest BCUT2D eigenvalue weighted by Gasteiger charge is -2.12. The molecule has 1 aromatic rings. The molecule has 0 atom stereocenters. The highest BCUT2D eigenvalue weighted by molar-refractivity contribution is 7.88. The van der Waals surface area contributed by atoms with Gasteiger partial charge in [0.15, 0.2) is 5.96 Å². The molecule has 0 unspecified atom stereocenters. The first-order valence-corrected chi connectivity index (χ1v) is 9.95. The van der Waals surface area contributed by atoms with Gasteiger partial charge in [0.25, 0.3) is 0 Å². The van der Waals surface area contributed by atoms with E-state index in [1.165, 1.54) is 0 Å². The molecule has 0 saturated heterocycles. The number of aliphatic imine (C=N–C) groups is 1. The first kappa shape index (κ1) is 20.4. The minimum Gasteiger partial charge on any atom is -0.370 e. The monoisotopic (exact) mass is 354 g/mol. The van der Waals surface area contributed by atoms with E-state index < -0.39 is 10.0 Å². The van der Waals surface area contributed by atoms with Crippen molar-refractivity contribution in [2.45, 2.75) is 52.5 Å². The van der Waals surface area contributed by atoms with Gasteiger partial charge in [-0.25, -0.2) is 18.1 Å². The summed E-state index contributed by atoms with van der Waals surface area (Å²) in [6.07, 6.45) is 1.02. The van der Waals surface area contributed by atoms with Gasteiger partial charge in [0, 0.05) is 12.6 Å². The van der Waals surface area contributed by atoms with Crippen molar-refractivity contribution in [3.63, 3.8) is 0 Å². The smallest absolute Gasteiger partial charge is 0.216 e. The largest absolute Gasteiger partial charge is 0.370 e. The van der Waals surface area contributed by atoms with Crippen LogP contribution in [0.4, 0.5) is 0 Å². The summed E-state index contributed by atoms with van der Waals surface area (Å²) in [7, 11) is -3.36. The molecule has 1 aromatic carbocycles. The molecule has 0 amide bonds. The fourth-order valence-corrected chi connectivity index (χ4v) is 3.67. The van der Waals surface area contributed by atoms with Gasteiger partial charge >= 0.3 is 0 Å². The van der Waals surface area contributed by atoms with E-state index in [1.54, 1.807) is 13.8 Å². The van der Waals surface area contributed by atoms with E-state index in [-0.39, 0.29) is 11.8 Å². The van der Waals surface area contributed by atoms with Crippen LogP contribution in [0.3, 0.4) is 0 Å². The Morgan fingerprint density at radius 1 is 1.17 bits per heavy atom. The number of guanidine groups is 1. The summed E-state index contributed by atoms with van der Waals surface area (Å²) in [5.41, 5.74) is 7.46. The molecule has 136 valence electrons. The van der Waals surface area contributed by atoms with E-state index in [4.69, 9.17) is 5.73 Å². The van der Waals surface area contributed by atoms with E-state index in [1.807, 2.05) is 24.3 Å². The molecule has 0 saturated carbocycles. The molecule has 0 bridgehead atoms. The van der Waals surface area contributed by atoms with E-state index in [9.17, 15) is 8.42 Å². The van der Waals surface area contributed by atoms with Crippen LogP contribution in [0.1, 0.15) is 45.2 Å². The van der Waals surface area contributed by atoms with Crippen molar-refractivity contribution in [2.24, 2.45) is 16.6 Å². The van der Waals surface area contributed by atoms with E-state index in [0.717, 1.165) is 24.1 Å². The van der Waals surface area contributed by atoms with Gasteiger partial charge in [-0.1, -0.05) is 38.1 Å². The third-order valence-corrected chi connectivity index (χ3v) is 4.85. The second kappa shape index (κ2) is 9.64.